The van der Waals surface area contributed by atoms with E-state index in [-0.39, 0.29) is 18.5 Å². The van der Waals surface area contributed by atoms with Crippen LogP contribution in [0.2, 0.25) is 10.0 Å². The maximum atomic E-state index is 14.7. The molecule has 188 valence electrons. The molecule has 0 spiro atoms. The van der Waals surface area contributed by atoms with E-state index in [1.165, 1.54) is 6.20 Å². The zero-order chi connectivity index (χ0) is 26.5. The first kappa shape index (κ1) is 27.7. The van der Waals surface area contributed by atoms with Crippen LogP contribution in [-0.2, 0) is 18.3 Å². The van der Waals surface area contributed by atoms with Gasteiger partial charge in [0.05, 0.1) is 21.8 Å². The summed E-state index contributed by atoms with van der Waals surface area (Å²) in [5.74, 6) is -1.02. The second-order valence-electron chi connectivity index (χ2n) is 8.29. The van der Waals surface area contributed by atoms with Gasteiger partial charge in [-0.15, -0.1) is 0 Å². The third-order valence-corrected chi connectivity index (χ3v) is 6.41. The molecule has 0 aliphatic heterocycles. The molecule has 1 aromatic heterocycles. The molecule has 0 radical (unpaired) electrons. The van der Waals surface area contributed by atoms with Crippen molar-refractivity contribution in [2.24, 2.45) is 0 Å². The van der Waals surface area contributed by atoms with E-state index in [1.54, 1.807) is 36.4 Å². The number of rotatable bonds is 9. The Morgan fingerprint density at radius 3 is 2.33 bits per heavy atom. The second-order valence-corrected chi connectivity index (χ2v) is 9.13. The fourth-order valence-electron chi connectivity index (χ4n) is 3.88. The first-order chi connectivity index (χ1) is 17.0. The van der Waals surface area contributed by atoms with Crippen molar-refractivity contribution in [3.63, 3.8) is 0 Å². The van der Waals surface area contributed by atoms with Crippen molar-refractivity contribution in [3.8, 4) is 0 Å². The summed E-state index contributed by atoms with van der Waals surface area (Å²) in [6.45, 7) is 9.59. The lowest BCUT2D eigenvalue weighted by molar-refractivity contribution is -0.137. The van der Waals surface area contributed by atoms with E-state index in [9.17, 15) is 17.6 Å². The van der Waals surface area contributed by atoms with Crippen LogP contribution in [0.15, 0.2) is 91.7 Å². The van der Waals surface area contributed by atoms with Gasteiger partial charge in [-0.1, -0.05) is 66.7 Å². The molecule has 1 heterocycles. The van der Waals surface area contributed by atoms with E-state index >= 15 is 0 Å². The maximum absolute atomic E-state index is 14.7. The summed E-state index contributed by atoms with van der Waals surface area (Å²) in [4.78, 5) is 4.43. The molecular formula is C28H24Cl2F4N2. The fourth-order valence-corrected chi connectivity index (χ4v) is 4.19. The van der Waals surface area contributed by atoms with Gasteiger partial charge in [-0.25, -0.2) is 4.39 Å². The minimum atomic E-state index is -4.75. The Kier molecular flexibility index (Phi) is 8.77. The molecule has 2 nitrogen and oxygen atoms in total. The topological polar surface area (TPSA) is 24.9 Å². The largest absolute Gasteiger partial charge is 0.416 e. The van der Waals surface area contributed by atoms with Crippen LogP contribution < -0.4 is 5.32 Å². The molecule has 0 saturated heterocycles. The van der Waals surface area contributed by atoms with Crippen LogP contribution in [0.3, 0.4) is 0 Å². The molecule has 8 heteroatoms. The number of benzene rings is 2. The van der Waals surface area contributed by atoms with Crippen molar-refractivity contribution < 1.29 is 17.6 Å². The van der Waals surface area contributed by atoms with Gasteiger partial charge in [-0.05, 0) is 65.6 Å². The Morgan fingerprint density at radius 1 is 1.03 bits per heavy atom. The number of aryl methyl sites for hydroxylation is 1. The first-order valence-electron chi connectivity index (χ1n) is 10.9. The van der Waals surface area contributed by atoms with Crippen LogP contribution in [0.5, 0.6) is 0 Å². The molecule has 1 unspecified atom stereocenters. The van der Waals surface area contributed by atoms with Gasteiger partial charge >= 0.3 is 6.18 Å². The summed E-state index contributed by atoms with van der Waals surface area (Å²) in [6.07, 6.45) is 1.54. The highest BCUT2D eigenvalue weighted by molar-refractivity contribution is 6.31. The zero-order valence-electron chi connectivity index (χ0n) is 19.5. The summed E-state index contributed by atoms with van der Waals surface area (Å²) in [5.41, 5.74) is 0.198. The third-order valence-electron chi connectivity index (χ3n) is 5.78. The first-order valence-corrected chi connectivity index (χ1v) is 11.7. The fraction of sp³-hybridized carbons (Fsp3) is 0.179. The number of allylic oxidation sites excluding steroid dienone is 3. The van der Waals surface area contributed by atoms with Gasteiger partial charge in [0.25, 0.3) is 0 Å². The standard InChI is InChI=1S/C28H24Cl2F4N2/c1-4-6-19(5-2)15-27(26-10-9-23(29)17-35-26,36-16-20-8-7-18(3)25(30)11-20)21-12-22(28(32,33)34)14-24(31)13-21/h4-14,17,36H,1-2,15-16H2,3H3/b19-6+. The van der Waals surface area contributed by atoms with Crippen LogP contribution in [0.1, 0.15) is 34.4 Å². The predicted molar refractivity (Wildman–Crippen MR) is 138 cm³/mol. The Morgan fingerprint density at radius 2 is 1.75 bits per heavy atom. The monoisotopic (exact) mass is 534 g/mol. The number of pyridine rings is 1. The van der Waals surface area contributed by atoms with E-state index in [4.69, 9.17) is 23.2 Å². The van der Waals surface area contributed by atoms with E-state index in [0.29, 0.717) is 27.4 Å². The van der Waals surface area contributed by atoms with Gasteiger partial charge in [-0.3, -0.25) is 10.3 Å². The molecule has 1 atom stereocenters. The van der Waals surface area contributed by atoms with Crippen molar-refractivity contribution in [1.29, 1.82) is 0 Å². The van der Waals surface area contributed by atoms with Gasteiger partial charge in [0.2, 0.25) is 0 Å². The molecule has 1 N–H and O–H groups in total. The number of hydrogen-bond acceptors (Lipinski definition) is 2. The lowest BCUT2D eigenvalue weighted by Gasteiger charge is -2.36. The van der Waals surface area contributed by atoms with E-state index in [0.717, 1.165) is 23.3 Å². The predicted octanol–water partition coefficient (Wildman–Crippen LogP) is 8.58. The van der Waals surface area contributed by atoms with Crippen molar-refractivity contribution >= 4 is 23.2 Å². The summed E-state index contributed by atoms with van der Waals surface area (Å²) in [6, 6.07) is 11.1. The summed E-state index contributed by atoms with van der Waals surface area (Å²) >= 11 is 12.4. The second kappa shape index (κ2) is 11.4. The normalized spacial score (nSPS) is 13.8. The minimum Gasteiger partial charge on any atom is -0.298 e. The SMILES string of the molecule is C=C/C=C(\C=C)CC(NCc1ccc(C)c(Cl)c1)(c1cc(F)cc(C(F)(F)F)c1)c1ccc(Cl)cn1. The Hall–Kier alpha value is -2.93. The van der Waals surface area contributed by atoms with Crippen LogP contribution >= 0.6 is 23.2 Å². The minimum absolute atomic E-state index is 0.0414. The molecular weight excluding hydrogens is 511 g/mol. The third kappa shape index (κ3) is 6.44. The molecule has 2 aromatic carbocycles. The Labute approximate surface area is 218 Å². The van der Waals surface area contributed by atoms with Gasteiger partial charge in [-0.2, -0.15) is 13.2 Å². The summed E-state index contributed by atoms with van der Waals surface area (Å²) in [5, 5.41) is 4.25. The van der Waals surface area contributed by atoms with Crippen LogP contribution in [-0.4, -0.2) is 4.98 Å². The van der Waals surface area contributed by atoms with Crippen LogP contribution in [0.25, 0.3) is 0 Å². The molecule has 3 rings (SSSR count). The lowest BCUT2D eigenvalue weighted by Crippen LogP contribution is -2.44. The van der Waals surface area contributed by atoms with Gasteiger partial charge in [0.1, 0.15) is 5.82 Å². The number of aromatic nitrogens is 1. The van der Waals surface area contributed by atoms with E-state index in [1.807, 2.05) is 19.1 Å². The quantitative estimate of drug-likeness (QED) is 0.219. The van der Waals surface area contributed by atoms with E-state index in [2.05, 4.69) is 23.5 Å². The van der Waals surface area contributed by atoms with Gasteiger partial charge in [0, 0.05) is 24.2 Å². The van der Waals surface area contributed by atoms with E-state index < -0.39 is 23.1 Å². The lowest BCUT2D eigenvalue weighted by atomic mass is 9.79. The number of hydrogen-bond donors (Lipinski definition) is 1. The molecule has 3 aromatic rings. The highest BCUT2D eigenvalue weighted by Gasteiger charge is 2.39. The highest BCUT2D eigenvalue weighted by Crippen LogP contribution is 2.39. The zero-order valence-corrected chi connectivity index (χ0v) is 21.0. The molecule has 0 fully saturated rings. The molecule has 36 heavy (non-hydrogen) atoms. The smallest absolute Gasteiger partial charge is 0.298 e. The van der Waals surface area contributed by atoms with Crippen LogP contribution in [0, 0.1) is 12.7 Å². The Balaban J connectivity index is 2.28. The molecule has 0 aliphatic rings. The maximum Gasteiger partial charge on any atom is 0.416 e. The number of alkyl halides is 3. The number of nitrogens with one attached hydrogen (secondary N) is 1. The van der Waals surface area contributed by atoms with Crippen LogP contribution in [0.4, 0.5) is 17.6 Å². The summed E-state index contributed by atoms with van der Waals surface area (Å²) in [7, 11) is 0. The van der Waals surface area contributed by atoms with Crippen molar-refractivity contribution in [2.45, 2.75) is 31.6 Å². The molecule has 0 amide bonds. The Bertz CT molecular complexity index is 1280. The summed E-state index contributed by atoms with van der Waals surface area (Å²) < 4.78 is 55.8. The van der Waals surface area contributed by atoms with Crippen molar-refractivity contribution in [1.82, 2.24) is 10.3 Å². The number of halogens is 6. The molecule has 0 bridgehead atoms. The molecule has 0 saturated carbocycles. The average Bonchev–Trinajstić information content (AvgIpc) is 2.83. The average molecular weight is 535 g/mol. The van der Waals surface area contributed by atoms with Gasteiger partial charge in [0.15, 0.2) is 0 Å². The van der Waals surface area contributed by atoms with Crippen molar-refractivity contribution in [3.05, 3.63) is 135 Å². The van der Waals surface area contributed by atoms with Gasteiger partial charge < -0.3 is 0 Å². The number of nitrogens with zero attached hydrogens (tertiary/aromatic N) is 1. The highest BCUT2D eigenvalue weighted by atomic mass is 35.5. The molecule has 0 aliphatic carbocycles. The van der Waals surface area contributed by atoms with Crippen molar-refractivity contribution in [2.75, 3.05) is 0 Å².